The van der Waals surface area contributed by atoms with Crippen LogP contribution in [0.4, 0.5) is 4.79 Å². The molecule has 2 atom stereocenters. The third-order valence-electron chi connectivity index (χ3n) is 3.64. The molecule has 2 N–H and O–H groups in total. The van der Waals surface area contributed by atoms with Crippen molar-refractivity contribution in [2.75, 3.05) is 0 Å². The molecule has 0 aliphatic heterocycles. The Hall–Kier alpha value is -2.47. The van der Waals surface area contributed by atoms with Gasteiger partial charge in [-0.25, -0.2) is 4.79 Å². The number of Topliss-reactive ketones (excluding diaryl/α,β-unsaturated/α-hetero) is 1. The quantitative estimate of drug-likeness (QED) is 0.550. The molecule has 0 bridgehead atoms. The van der Waals surface area contributed by atoms with Crippen LogP contribution in [0.2, 0.25) is 0 Å². The highest BCUT2D eigenvalue weighted by molar-refractivity contribution is 9.10. The maximum absolute atomic E-state index is 12.6. The van der Waals surface area contributed by atoms with Gasteiger partial charge < -0.3 is 15.5 Å². The number of hydrogen-bond donors (Lipinski definition) is 2. The molecule has 6 heteroatoms. The van der Waals surface area contributed by atoms with E-state index < -0.39 is 18.2 Å². The van der Waals surface area contributed by atoms with Crippen LogP contribution < -0.4 is 5.32 Å². The van der Waals surface area contributed by atoms with Gasteiger partial charge in [-0.05, 0) is 31.5 Å². The average molecular weight is 403 g/mol. The lowest BCUT2D eigenvalue weighted by atomic mass is 10.0. The number of ketones is 1. The van der Waals surface area contributed by atoms with Crippen LogP contribution in [-0.4, -0.2) is 23.6 Å². The predicted octanol–water partition coefficient (Wildman–Crippen LogP) is 4.53. The first-order valence-corrected chi connectivity index (χ1v) is 8.54. The number of rotatable bonds is 6. The van der Waals surface area contributed by atoms with Crippen LogP contribution in [-0.2, 0) is 4.74 Å². The van der Waals surface area contributed by atoms with Crippen molar-refractivity contribution < 1.29 is 14.3 Å². The number of benzene rings is 2. The number of hydrogen-bond acceptors (Lipinski definition) is 4. The Morgan fingerprint density at radius 1 is 1.08 bits per heavy atom. The molecule has 25 heavy (non-hydrogen) atoms. The van der Waals surface area contributed by atoms with Gasteiger partial charge in [0.2, 0.25) is 0 Å². The van der Waals surface area contributed by atoms with Crippen molar-refractivity contribution in [3.05, 3.63) is 70.2 Å². The van der Waals surface area contributed by atoms with Crippen LogP contribution in [0.5, 0.6) is 0 Å². The molecular weight excluding hydrogens is 384 g/mol. The van der Waals surface area contributed by atoms with Gasteiger partial charge in [0.1, 0.15) is 12.1 Å². The SMILES string of the molecule is CC(=N)C(NC(=O)OC(C)c1ccccc1)C(=O)c1ccc(Br)cc1. The standard InChI is InChI=1S/C19H19BrN2O3/c1-12(21)17(18(23)15-8-10-16(20)11-9-15)22-19(24)25-13(2)14-6-4-3-5-7-14/h3-11,13,17,21H,1-2H3,(H,22,24). The maximum atomic E-state index is 12.6. The smallest absolute Gasteiger partial charge is 0.408 e. The Morgan fingerprint density at radius 2 is 1.68 bits per heavy atom. The molecule has 2 aromatic rings. The van der Waals surface area contributed by atoms with Gasteiger partial charge in [-0.3, -0.25) is 4.79 Å². The molecule has 0 saturated carbocycles. The fourth-order valence-electron chi connectivity index (χ4n) is 2.26. The summed E-state index contributed by atoms with van der Waals surface area (Å²) >= 11 is 3.31. The lowest BCUT2D eigenvalue weighted by Gasteiger charge is -2.19. The van der Waals surface area contributed by atoms with Crippen LogP contribution in [0, 0.1) is 5.41 Å². The zero-order chi connectivity index (χ0) is 18.4. The Bertz CT molecular complexity index is 760. The fourth-order valence-corrected chi connectivity index (χ4v) is 2.52. The van der Waals surface area contributed by atoms with E-state index in [1.807, 2.05) is 30.3 Å². The zero-order valence-corrected chi connectivity index (χ0v) is 15.5. The van der Waals surface area contributed by atoms with Gasteiger partial charge in [-0.2, -0.15) is 0 Å². The third-order valence-corrected chi connectivity index (χ3v) is 4.17. The fraction of sp³-hybridized carbons (Fsp3) is 0.211. The van der Waals surface area contributed by atoms with E-state index in [1.165, 1.54) is 6.92 Å². The van der Waals surface area contributed by atoms with E-state index in [0.717, 1.165) is 10.0 Å². The largest absolute Gasteiger partial charge is 0.442 e. The molecular formula is C19H19BrN2O3. The van der Waals surface area contributed by atoms with Crippen molar-refractivity contribution in [1.82, 2.24) is 5.32 Å². The molecule has 0 aromatic heterocycles. The van der Waals surface area contributed by atoms with Crippen molar-refractivity contribution in [1.29, 1.82) is 5.41 Å². The summed E-state index contributed by atoms with van der Waals surface area (Å²) in [6.45, 7) is 3.22. The highest BCUT2D eigenvalue weighted by atomic mass is 79.9. The van der Waals surface area contributed by atoms with Gasteiger partial charge in [-0.15, -0.1) is 0 Å². The van der Waals surface area contributed by atoms with Crippen LogP contribution in [0.3, 0.4) is 0 Å². The molecule has 5 nitrogen and oxygen atoms in total. The van der Waals surface area contributed by atoms with Crippen LogP contribution in [0.25, 0.3) is 0 Å². The first-order chi connectivity index (χ1) is 11.9. The Balaban J connectivity index is 2.05. The molecule has 130 valence electrons. The zero-order valence-electron chi connectivity index (χ0n) is 14.0. The summed E-state index contributed by atoms with van der Waals surface area (Å²) in [6.07, 6.45) is -1.20. The van der Waals surface area contributed by atoms with E-state index in [9.17, 15) is 9.59 Å². The molecule has 2 rings (SSSR count). The summed E-state index contributed by atoms with van der Waals surface area (Å²) in [5.74, 6) is -0.357. The first-order valence-electron chi connectivity index (χ1n) is 7.75. The average Bonchev–Trinajstić information content (AvgIpc) is 2.60. The number of amides is 1. The summed E-state index contributed by atoms with van der Waals surface area (Å²) < 4.78 is 6.16. The first kappa shape index (κ1) is 18.9. The van der Waals surface area contributed by atoms with Gasteiger partial charge in [-0.1, -0.05) is 58.4 Å². The van der Waals surface area contributed by atoms with Crippen molar-refractivity contribution >= 4 is 33.5 Å². The second-order valence-corrected chi connectivity index (χ2v) is 6.51. The molecule has 0 heterocycles. The number of halogens is 1. The van der Waals surface area contributed by atoms with E-state index in [0.29, 0.717) is 5.56 Å². The van der Waals surface area contributed by atoms with Gasteiger partial charge >= 0.3 is 6.09 Å². The normalized spacial score (nSPS) is 12.8. The summed E-state index contributed by atoms with van der Waals surface area (Å²) in [4.78, 5) is 24.7. The minimum Gasteiger partial charge on any atom is -0.442 e. The minimum atomic E-state index is -1.06. The lowest BCUT2D eigenvalue weighted by molar-refractivity contribution is 0.0904. The third kappa shape index (κ3) is 5.26. The van der Waals surface area contributed by atoms with Crippen LogP contribution >= 0.6 is 15.9 Å². The summed E-state index contributed by atoms with van der Waals surface area (Å²) in [5.41, 5.74) is 1.30. The second-order valence-electron chi connectivity index (χ2n) is 5.59. The Morgan fingerprint density at radius 3 is 2.24 bits per heavy atom. The molecule has 2 aromatic carbocycles. The molecule has 1 amide bonds. The molecule has 0 saturated heterocycles. The molecule has 0 radical (unpaired) electrons. The number of alkyl carbamates (subject to hydrolysis) is 1. The topological polar surface area (TPSA) is 79.2 Å². The van der Waals surface area contributed by atoms with E-state index in [-0.39, 0.29) is 11.5 Å². The van der Waals surface area contributed by atoms with Gasteiger partial charge in [0, 0.05) is 15.7 Å². The van der Waals surface area contributed by atoms with E-state index in [1.54, 1.807) is 31.2 Å². The minimum absolute atomic E-state index is 0.0391. The van der Waals surface area contributed by atoms with E-state index in [2.05, 4.69) is 21.2 Å². The van der Waals surface area contributed by atoms with Gasteiger partial charge in [0.05, 0.1) is 0 Å². The van der Waals surface area contributed by atoms with E-state index >= 15 is 0 Å². The Kier molecular flexibility index (Phi) is 6.47. The predicted molar refractivity (Wildman–Crippen MR) is 100 cm³/mol. The Labute approximate surface area is 155 Å². The van der Waals surface area contributed by atoms with Crippen molar-refractivity contribution in [3.63, 3.8) is 0 Å². The summed E-state index contributed by atoms with van der Waals surface area (Å²) in [7, 11) is 0. The highest BCUT2D eigenvalue weighted by Crippen LogP contribution is 2.16. The number of carbonyl (C=O) groups is 2. The number of ether oxygens (including phenoxy) is 1. The highest BCUT2D eigenvalue weighted by Gasteiger charge is 2.25. The lowest BCUT2D eigenvalue weighted by Crippen LogP contribution is -2.45. The number of nitrogens with one attached hydrogen (secondary N) is 2. The van der Waals surface area contributed by atoms with Gasteiger partial charge in [0.25, 0.3) is 0 Å². The maximum Gasteiger partial charge on any atom is 0.408 e. The van der Waals surface area contributed by atoms with E-state index in [4.69, 9.17) is 10.1 Å². The molecule has 0 spiro atoms. The summed E-state index contributed by atoms with van der Waals surface area (Å²) in [6, 6.07) is 15.0. The monoisotopic (exact) mass is 402 g/mol. The van der Waals surface area contributed by atoms with Crippen molar-refractivity contribution in [2.45, 2.75) is 26.0 Å². The molecule has 0 aliphatic carbocycles. The van der Waals surface area contributed by atoms with Gasteiger partial charge in [0.15, 0.2) is 5.78 Å². The summed E-state index contributed by atoms with van der Waals surface area (Å²) in [5, 5.41) is 10.3. The molecule has 0 fully saturated rings. The molecule has 2 unspecified atom stereocenters. The second kappa shape index (κ2) is 8.58. The van der Waals surface area contributed by atoms with Crippen LogP contribution in [0.15, 0.2) is 59.1 Å². The van der Waals surface area contributed by atoms with Crippen molar-refractivity contribution in [3.8, 4) is 0 Å². The van der Waals surface area contributed by atoms with Crippen LogP contribution in [0.1, 0.15) is 35.9 Å². The number of carbonyl (C=O) groups excluding carboxylic acids is 2. The van der Waals surface area contributed by atoms with Crippen molar-refractivity contribution in [2.24, 2.45) is 0 Å². The molecule has 0 aliphatic rings.